The second-order valence-electron chi connectivity index (χ2n) is 4.77. The van der Waals surface area contributed by atoms with Crippen LogP contribution in [0.5, 0.6) is 11.5 Å². The van der Waals surface area contributed by atoms with Gasteiger partial charge in [-0.15, -0.1) is 0 Å². The molecule has 0 aliphatic carbocycles. The van der Waals surface area contributed by atoms with Gasteiger partial charge in [0.15, 0.2) is 11.5 Å². The number of amides is 1. The molecule has 1 heterocycles. The number of benzene rings is 1. The maximum absolute atomic E-state index is 12.5. The minimum atomic E-state index is -0.181. The molecule has 1 aliphatic heterocycles. The minimum Gasteiger partial charge on any atom is -0.493 e. The lowest BCUT2D eigenvalue weighted by molar-refractivity contribution is 0.0678. The van der Waals surface area contributed by atoms with Gasteiger partial charge in [-0.2, -0.15) is 0 Å². The lowest BCUT2D eigenvalue weighted by atomic mass is 10.1. The molecule has 6 heteroatoms. The van der Waals surface area contributed by atoms with Crippen molar-refractivity contribution in [2.75, 3.05) is 33.1 Å². The number of rotatable bonds is 4. The van der Waals surface area contributed by atoms with Crippen LogP contribution in [0.3, 0.4) is 0 Å². The van der Waals surface area contributed by atoms with Gasteiger partial charge in [0.25, 0.3) is 5.91 Å². The van der Waals surface area contributed by atoms with E-state index in [1.54, 1.807) is 17.0 Å². The number of aliphatic hydroxyl groups is 1. The lowest BCUT2D eigenvalue weighted by Gasteiger charge is -2.24. The third-order valence-corrected chi connectivity index (χ3v) is 3.63. The Morgan fingerprint density at radius 2 is 2.05 bits per heavy atom. The standard InChI is InChI=1S/C14H20N2O4/c1-19-12-6-10(11(15)7-13(12)20-2)14(18)16-5-3-4-9(16)8-17/h6-7,9,17H,3-5,8,15H2,1-2H3. The molecule has 1 fully saturated rings. The van der Waals surface area contributed by atoms with E-state index in [9.17, 15) is 9.90 Å². The summed E-state index contributed by atoms with van der Waals surface area (Å²) in [6.45, 7) is 0.608. The summed E-state index contributed by atoms with van der Waals surface area (Å²) in [5.41, 5.74) is 6.65. The largest absolute Gasteiger partial charge is 0.493 e. The Hall–Kier alpha value is -1.95. The molecule has 1 aliphatic rings. The first-order valence-corrected chi connectivity index (χ1v) is 6.55. The number of nitrogens with two attached hydrogens (primary N) is 1. The van der Waals surface area contributed by atoms with Gasteiger partial charge in [-0.1, -0.05) is 0 Å². The molecule has 6 nitrogen and oxygen atoms in total. The molecule has 110 valence electrons. The summed E-state index contributed by atoms with van der Waals surface area (Å²) in [4.78, 5) is 14.2. The molecule has 0 spiro atoms. The highest BCUT2D eigenvalue weighted by molar-refractivity contribution is 6.00. The van der Waals surface area contributed by atoms with E-state index in [0.717, 1.165) is 12.8 Å². The zero-order chi connectivity index (χ0) is 14.7. The van der Waals surface area contributed by atoms with Gasteiger partial charge in [0.1, 0.15) is 0 Å². The lowest BCUT2D eigenvalue weighted by Crippen LogP contribution is -2.37. The van der Waals surface area contributed by atoms with Crippen molar-refractivity contribution in [1.29, 1.82) is 0 Å². The van der Waals surface area contributed by atoms with Gasteiger partial charge in [0, 0.05) is 18.3 Å². The maximum Gasteiger partial charge on any atom is 0.256 e. The predicted octanol–water partition coefficient (Wildman–Crippen LogP) is 0.883. The Kier molecular flexibility index (Phi) is 4.34. The second-order valence-corrected chi connectivity index (χ2v) is 4.77. The monoisotopic (exact) mass is 280 g/mol. The van der Waals surface area contributed by atoms with Crippen LogP contribution in [-0.2, 0) is 0 Å². The van der Waals surface area contributed by atoms with Gasteiger partial charge in [-0.25, -0.2) is 0 Å². The number of carbonyl (C=O) groups excluding carboxylic acids is 1. The quantitative estimate of drug-likeness (QED) is 0.800. The van der Waals surface area contributed by atoms with Crippen molar-refractivity contribution in [3.63, 3.8) is 0 Å². The van der Waals surface area contributed by atoms with Crippen molar-refractivity contribution in [3.05, 3.63) is 17.7 Å². The molecule has 1 atom stereocenters. The van der Waals surface area contributed by atoms with Crippen LogP contribution in [-0.4, -0.2) is 49.3 Å². The molecular formula is C14H20N2O4. The number of aliphatic hydroxyl groups excluding tert-OH is 1. The summed E-state index contributed by atoms with van der Waals surface area (Å²) in [7, 11) is 3.02. The summed E-state index contributed by atoms with van der Waals surface area (Å²) in [5.74, 6) is 0.770. The van der Waals surface area contributed by atoms with E-state index in [4.69, 9.17) is 15.2 Å². The molecule has 0 radical (unpaired) electrons. The average molecular weight is 280 g/mol. The summed E-state index contributed by atoms with van der Waals surface area (Å²) < 4.78 is 10.3. The number of ether oxygens (including phenoxy) is 2. The van der Waals surface area contributed by atoms with E-state index < -0.39 is 0 Å². The van der Waals surface area contributed by atoms with Gasteiger partial charge in [-0.05, 0) is 18.9 Å². The van der Waals surface area contributed by atoms with Crippen molar-refractivity contribution < 1.29 is 19.4 Å². The van der Waals surface area contributed by atoms with Crippen molar-refractivity contribution in [1.82, 2.24) is 4.90 Å². The van der Waals surface area contributed by atoms with Crippen molar-refractivity contribution in [3.8, 4) is 11.5 Å². The Bertz CT molecular complexity index is 504. The number of methoxy groups -OCH3 is 2. The smallest absolute Gasteiger partial charge is 0.256 e. The molecule has 1 unspecified atom stereocenters. The fourth-order valence-corrected chi connectivity index (χ4v) is 2.53. The van der Waals surface area contributed by atoms with E-state index in [-0.39, 0.29) is 18.6 Å². The Morgan fingerprint density at radius 1 is 1.40 bits per heavy atom. The molecule has 1 saturated heterocycles. The predicted molar refractivity (Wildman–Crippen MR) is 75.1 cm³/mol. The minimum absolute atomic E-state index is 0.0288. The maximum atomic E-state index is 12.5. The van der Waals surface area contributed by atoms with Crippen LogP contribution < -0.4 is 15.2 Å². The summed E-state index contributed by atoms with van der Waals surface area (Å²) in [6.07, 6.45) is 1.71. The van der Waals surface area contributed by atoms with Gasteiger partial charge in [0.05, 0.1) is 32.4 Å². The van der Waals surface area contributed by atoms with Crippen LogP contribution >= 0.6 is 0 Å². The highest BCUT2D eigenvalue weighted by Gasteiger charge is 2.30. The summed E-state index contributed by atoms with van der Waals surface area (Å²) >= 11 is 0. The molecular weight excluding hydrogens is 260 g/mol. The Balaban J connectivity index is 2.34. The van der Waals surface area contributed by atoms with E-state index in [0.29, 0.717) is 29.3 Å². The zero-order valence-corrected chi connectivity index (χ0v) is 11.8. The molecule has 3 N–H and O–H groups in total. The molecule has 0 bridgehead atoms. The fourth-order valence-electron chi connectivity index (χ4n) is 2.53. The first-order valence-electron chi connectivity index (χ1n) is 6.55. The zero-order valence-electron chi connectivity index (χ0n) is 11.8. The van der Waals surface area contributed by atoms with E-state index in [1.165, 1.54) is 14.2 Å². The topological polar surface area (TPSA) is 85.0 Å². The molecule has 1 aromatic rings. The summed E-state index contributed by atoms with van der Waals surface area (Å²) in [5, 5.41) is 9.31. The second kappa shape index (κ2) is 6.00. The third kappa shape index (κ3) is 2.51. The van der Waals surface area contributed by atoms with Crippen molar-refractivity contribution >= 4 is 11.6 Å². The highest BCUT2D eigenvalue weighted by atomic mass is 16.5. The molecule has 2 rings (SSSR count). The van der Waals surface area contributed by atoms with Crippen LogP contribution in [0.1, 0.15) is 23.2 Å². The van der Waals surface area contributed by atoms with Gasteiger partial charge in [0.2, 0.25) is 0 Å². The number of nitrogens with zero attached hydrogens (tertiary/aromatic N) is 1. The van der Waals surface area contributed by atoms with Crippen LogP contribution in [0.2, 0.25) is 0 Å². The molecule has 1 aromatic carbocycles. The van der Waals surface area contributed by atoms with Gasteiger partial charge < -0.3 is 25.2 Å². The Labute approximate surface area is 118 Å². The first kappa shape index (κ1) is 14.5. The number of hydrogen-bond donors (Lipinski definition) is 2. The molecule has 0 saturated carbocycles. The van der Waals surface area contributed by atoms with Crippen molar-refractivity contribution in [2.45, 2.75) is 18.9 Å². The number of likely N-dealkylation sites (tertiary alicyclic amines) is 1. The van der Waals surface area contributed by atoms with Crippen molar-refractivity contribution in [2.24, 2.45) is 0 Å². The van der Waals surface area contributed by atoms with Gasteiger partial charge in [-0.3, -0.25) is 4.79 Å². The fraction of sp³-hybridized carbons (Fsp3) is 0.500. The normalized spacial score (nSPS) is 18.1. The van der Waals surface area contributed by atoms with Gasteiger partial charge >= 0.3 is 0 Å². The van der Waals surface area contributed by atoms with Crippen LogP contribution in [0.15, 0.2) is 12.1 Å². The van der Waals surface area contributed by atoms with E-state index in [2.05, 4.69) is 0 Å². The number of anilines is 1. The summed E-state index contributed by atoms with van der Waals surface area (Å²) in [6, 6.07) is 3.04. The van der Waals surface area contributed by atoms with E-state index >= 15 is 0 Å². The first-order chi connectivity index (χ1) is 9.62. The molecule has 0 aromatic heterocycles. The number of carbonyl (C=O) groups is 1. The molecule has 20 heavy (non-hydrogen) atoms. The Morgan fingerprint density at radius 3 is 2.65 bits per heavy atom. The molecule has 1 amide bonds. The average Bonchev–Trinajstić information content (AvgIpc) is 2.94. The van der Waals surface area contributed by atoms with E-state index in [1.807, 2.05) is 0 Å². The van der Waals surface area contributed by atoms with Crippen LogP contribution in [0.25, 0.3) is 0 Å². The SMILES string of the molecule is COc1cc(N)c(C(=O)N2CCCC2CO)cc1OC. The number of nitrogen functional groups attached to an aromatic ring is 1. The third-order valence-electron chi connectivity index (χ3n) is 3.63. The highest BCUT2D eigenvalue weighted by Crippen LogP contribution is 2.33. The van der Waals surface area contributed by atoms with Crippen LogP contribution in [0, 0.1) is 0 Å². The van der Waals surface area contributed by atoms with Crippen LogP contribution in [0.4, 0.5) is 5.69 Å². The number of hydrogen-bond acceptors (Lipinski definition) is 5.